The molecule has 0 saturated carbocycles. The van der Waals surface area contributed by atoms with E-state index < -0.39 is 55.1 Å². The summed E-state index contributed by atoms with van der Waals surface area (Å²) in [6.07, 6.45) is 0.657. The molecular formula is C21H28N2O10. The van der Waals surface area contributed by atoms with Crippen LogP contribution in [0.1, 0.15) is 31.7 Å². The number of hydrogen-bond donors (Lipinski definition) is 5. The molecule has 1 aromatic carbocycles. The number of carbonyl (C=O) groups is 5. The van der Waals surface area contributed by atoms with E-state index in [1.165, 1.54) is 24.3 Å². The lowest BCUT2D eigenvalue weighted by atomic mass is 10.0. The van der Waals surface area contributed by atoms with Gasteiger partial charge in [0.25, 0.3) is 6.10 Å². The van der Waals surface area contributed by atoms with Crippen molar-refractivity contribution in [1.29, 1.82) is 0 Å². The van der Waals surface area contributed by atoms with Gasteiger partial charge in [0, 0.05) is 13.0 Å². The van der Waals surface area contributed by atoms with Gasteiger partial charge in [0.15, 0.2) is 0 Å². The second kappa shape index (κ2) is 14.4. The Morgan fingerprint density at radius 2 is 1.58 bits per heavy atom. The summed E-state index contributed by atoms with van der Waals surface area (Å²) in [7, 11) is 0. The van der Waals surface area contributed by atoms with E-state index in [-0.39, 0.29) is 12.2 Å². The molecule has 2 amide bonds. The Morgan fingerprint density at radius 3 is 2.12 bits per heavy atom. The fraction of sp³-hybridized carbons (Fsp3) is 0.476. The van der Waals surface area contributed by atoms with Gasteiger partial charge in [-0.25, -0.2) is 14.4 Å². The van der Waals surface area contributed by atoms with Gasteiger partial charge in [0.05, 0.1) is 0 Å². The molecule has 1 rings (SSSR count). The SMILES string of the molecule is CCCCCNC(=O)C(Cc1ccc(OC(C(=O)O)C(=O)O)cc1)NC(=O)COCC(=O)O. The first-order valence-electron chi connectivity index (χ1n) is 10.2. The number of ether oxygens (including phenoxy) is 2. The highest BCUT2D eigenvalue weighted by Crippen LogP contribution is 2.16. The standard InChI is InChI=1S/C21H28N2O10/c1-2-3-4-9-22-19(27)15(23-16(24)11-32-12-17(25)26)10-13-5-7-14(8-6-13)33-18(20(28)29)21(30)31/h5-8,15,18H,2-4,9-12H2,1H3,(H,22,27)(H,23,24)(H,25,26)(H,28,29)(H,30,31). The number of aliphatic carboxylic acids is 3. The minimum absolute atomic E-state index is 0.000207. The van der Waals surface area contributed by atoms with Crippen LogP contribution in [-0.4, -0.2) is 76.9 Å². The van der Waals surface area contributed by atoms with Gasteiger partial charge in [-0.3, -0.25) is 9.59 Å². The van der Waals surface area contributed by atoms with Crippen molar-refractivity contribution >= 4 is 29.7 Å². The van der Waals surface area contributed by atoms with E-state index in [4.69, 9.17) is 24.8 Å². The summed E-state index contributed by atoms with van der Waals surface area (Å²) >= 11 is 0. The predicted molar refractivity (Wildman–Crippen MR) is 113 cm³/mol. The molecular weight excluding hydrogens is 440 g/mol. The molecule has 1 atom stereocenters. The molecule has 12 nitrogen and oxygen atoms in total. The highest BCUT2D eigenvalue weighted by molar-refractivity contribution is 5.96. The Bertz CT molecular complexity index is 811. The van der Waals surface area contributed by atoms with Crippen LogP contribution in [0.2, 0.25) is 0 Å². The summed E-state index contributed by atoms with van der Waals surface area (Å²) in [5.41, 5.74) is 0.574. The first kappa shape index (κ1) is 27.4. The quantitative estimate of drug-likeness (QED) is 0.164. The molecule has 0 bridgehead atoms. The van der Waals surface area contributed by atoms with Gasteiger partial charge in [-0.2, -0.15) is 0 Å². The number of unbranched alkanes of at least 4 members (excludes halogenated alkanes) is 2. The number of rotatable bonds is 16. The molecule has 0 aliphatic carbocycles. The normalized spacial score (nSPS) is 11.5. The van der Waals surface area contributed by atoms with E-state index in [0.717, 1.165) is 19.3 Å². The summed E-state index contributed by atoms with van der Waals surface area (Å²) in [4.78, 5) is 57.0. The summed E-state index contributed by atoms with van der Waals surface area (Å²) in [5.74, 6) is -5.65. The molecule has 0 aliphatic rings. The average Bonchev–Trinajstić information content (AvgIpc) is 2.74. The van der Waals surface area contributed by atoms with Crippen LogP contribution in [0.5, 0.6) is 5.75 Å². The molecule has 182 valence electrons. The average molecular weight is 468 g/mol. The van der Waals surface area contributed by atoms with Crippen LogP contribution in [0.3, 0.4) is 0 Å². The van der Waals surface area contributed by atoms with Gasteiger partial charge in [-0.05, 0) is 24.1 Å². The van der Waals surface area contributed by atoms with Crippen LogP contribution in [0.4, 0.5) is 0 Å². The molecule has 0 spiro atoms. The van der Waals surface area contributed by atoms with E-state index in [9.17, 15) is 24.0 Å². The number of carboxylic acids is 3. The zero-order valence-electron chi connectivity index (χ0n) is 18.1. The minimum atomic E-state index is -2.07. The summed E-state index contributed by atoms with van der Waals surface area (Å²) in [6, 6.07) is 4.72. The van der Waals surface area contributed by atoms with Gasteiger partial charge in [0.2, 0.25) is 11.8 Å². The van der Waals surface area contributed by atoms with Gasteiger partial charge >= 0.3 is 17.9 Å². The molecule has 0 aromatic heterocycles. The van der Waals surface area contributed by atoms with Crippen molar-refractivity contribution < 1.29 is 48.8 Å². The van der Waals surface area contributed by atoms with E-state index in [1.807, 2.05) is 6.92 Å². The first-order valence-corrected chi connectivity index (χ1v) is 10.2. The van der Waals surface area contributed by atoms with E-state index in [1.54, 1.807) is 0 Å². The number of benzene rings is 1. The van der Waals surface area contributed by atoms with Crippen molar-refractivity contribution in [3.05, 3.63) is 29.8 Å². The van der Waals surface area contributed by atoms with Gasteiger partial charge in [0.1, 0.15) is 25.0 Å². The van der Waals surface area contributed by atoms with E-state index in [2.05, 4.69) is 10.6 Å². The van der Waals surface area contributed by atoms with Crippen molar-refractivity contribution in [2.75, 3.05) is 19.8 Å². The summed E-state index contributed by atoms with van der Waals surface area (Å²) in [6.45, 7) is 1.25. The lowest BCUT2D eigenvalue weighted by Gasteiger charge is -2.19. The smallest absolute Gasteiger partial charge is 0.356 e. The molecule has 12 heteroatoms. The molecule has 0 fully saturated rings. The largest absolute Gasteiger partial charge is 0.480 e. The van der Waals surface area contributed by atoms with Crippen LogP contribution in [0, 0.1) is 0 Å². The zero-order valence-corrected chi connectivity index (χ0v) is 18.1. The first-order chi connectivity index (χ1) is 15.6. The Balaban J connectivity index is 2.82. The molecule has 33 heavy (non-hydrogen) atoms. The van der Waals surface area contributed by atoms with Crippen molar-refractivity contribution in [3.63, 3.8) is 0 Å². The highest BCUT2D eigenvalue weighted by atomic mass is 16.5. The third-order valence-corrected chi connectivity index (χ3v) is 4.26. The zero-order chi connectivity index (χ0) is 24.8. The highest BCUT2D eigenvalue weighted by Gasteiger charge is 2.28. The molecule has 5 N–H and O–H groups in total. The number of amides is 2. The van der Waals surface area contributed by atoms with Crippen LogP contribution in [0.25, 0.3) is 0 Å². The maximum absolute atomic E-state index is 12.6. The monoisotopic (exact) mass is 468 g/mol. The van der Waals surface area contributed by atoms with Gasteiger partial charge in [-0.1, -0.05) is 31.9 Å². The molecule has 1 unspecified atom stereocenters. The van der Waals surface area contributed by atoms with Crippen molar-refractivity contribution in [2.45, 2.75) is 44.8 Å². The maximum atomic E-state index is 12.6. The van der Waals surface area contributed by atoms with E-state index >= 15 is 0 Å². The third kappa shape index (κ3) is 11.0. The fourth-order valence-corrected chi connectivity index (χ4v) is 2.67. The molecule has 0 radical (unpaired) electrons. The molecule has 0 saturated heterocycles. The summed E-state index contributed by atoms with van der Waals surface area (Å²) < 4.78 is 9.67. The van der Waals surface area contributed by atoms with Crippen molar-refractivity contribution in [1.82, 2.24) is 10.6 Å². The molecule has 1 aromatic rings. The number of hydrogen-bond acceptors (Lipinski definition) is 7. The Hall–Kier alpha value is -3.67. The van der Waals surface area contributed by atoms with Crippen molar-refractivity contribution in [2.24, 2.45) is 0 Å². The lowest BCUT2D eigenvalue weighted by molar-refractivity contribution is -0.159. The Labute approximate surface area is 189 Å². The van der Waals surface area contributed by atoms with Gasteiger partial charge < -0.3 is 35.4 Å². The van der Waals surface area contributed by atoms with Gasteiger partial charge in [-0.15, -0.1) is 0 Å². The third-order valence-electron chi connectivity index (χ3n) is 4.26. The number of carbonyl (C=O) groups excluding carboxylic acids is 2. The number of nitrogens with one attached hydrogen (secondary N) is 2. The lowest BCUT2D eigenvalue weighted by Crippen LogP contribution is -2.49. The van der Waals surface area contributed by atoms with Crippen LogP contribution < -0.4 is 15.4 Å². The minimum Gasteiger partial charge on any atom is -0.480 e. The molecule has 0 aliphatic heterocycles. The van der Waals surface area contributed by atoms with Crippen molar-refractivity contribution in [3.8, 4) is 5.75 Å². The number of carboxylic acid groups (broad SMARTS) is 3. The second-order valence-corrected chi connectivity index (χ2v) is 7.03. The van der Waals surface area contributed by atoms with E-state index in [0.29, 0.717) is 12.1 Å². The van der Waals surface area contributed by atoms with Crippen LogP contribution >= 0.6 is 0 Å². The predicted octanol–water partition coefficient (Wildman–Crippen LogP) is 0.0381. The Morgan fingerprint density at radius 1 is 0.939 bits per heavy atom. The Kier molecular flexibility index (Phi) is 11.9. The summed E-state index contributed by atoms with van der Waals surface area (Å²) in [5, 5.41) is 31.6. The fourth-order valence-electron chi connectivity index (χ4n) is 2.67. The maximum Gasteiger partial charge on any atom is 0.356 e. The molecule has 0 heterocycles. The van der Waals surface area contributed by atoms with Crippen LogP contribution in [0.15, 0.2) is 24.3 Å². The second-order valence-electron chi connectivity index (χ2n) is 7.03. The topological polar surface area (TPSA) is 189 Å². The van der Waals surface area contributed by atoms with Crippen LogP contribution in [-0.2, 0) is 35.1 Å².